The predicted molar refractivity (Wildman–Crippen MR) is 109 cm³/mol. The zero-order chi connectivity index (χ0) is 20.6. The second-order valence-corrected chi connectivity index (χ2v) is 8.03. The quantitative estimate of drug-likeness (QED) is 0.780. The summed E-state index contributed by atoms with van der Waals surface area (Å²) in [7, 11) is 0. The molecular formula is C22H21ClN2O4. The number of carbonyl (C=O) groups excluding carboxylic acids is 3. The molecule has 29 heavy (non-hydrogen) atoms. The maximum atomic E-state index is 13.1. The Kier molecular flexibility index (Phi) is 5.04. The smallest absolute Gasteiger partial charge is 0.339 e. The molecule has 0 aliphatic carbocycles. The number of nitrogens with zero attached hydrogens (tertiary/aromatic N) is 1. The van der Waals surface area contributed by atoms with Crippen LogP contribution in [0.5, 0.6) is 0 Å². The highest BCUT2D eigenvalue weighted by atomic mass is 35.5. The lowest BCUT2D eigenvalue weighted by Crippen LogP contribution is -2.49. The fraction of sp³-hybridized carbons (Fsp3) is 0.318. The molecule has 0 spiro atoms. The lowest BCUT2D eigenvalue weighted by atomic mass is 9.89. The fourth-order valence-electron chi connectivity index (χ4n) is 3.81. The van der Waals surface area contributed by atoms with Crippen molar-refractivity contribution in [2.75, 3.05) is 18.4 Å². The number of halogens is 1. The van der Waals surface area contributed by atoms with Gasteiger partial charge in [-0.3, -0.25) is 9.59 Å². The summed E-state index contributed by atoms with van der Waals surface area (Å²) < 4.78 is 5.49. The Labute approximate surface area is 173 Å². The van der Waals surface area contributed by atoms with Crippen molar-refractivity contribution in [1.82, 2.24) is 4.90 Å². The molecular weight excluding hydrogens is 392 g/mol. The van der Waals surface area contributed by atoms with E-state index < -0.39 is 17.5 Å². The number of amides is 2. The number of carbonyl (C=O) groups is 3. The van der Waals surface area contributed by atoms with Crippen molar-refractivity contribution in [2.24, 2.45) is 0 Å². The molecule has 150 valence electrons. The molecule has 2 heterocycles. The minimum absolute atomic E-state index is 0.170. The van der Waals surface area contributed by atoms with Gasteiger partial charge in [0.15, 0.2) is 5.60 Å². The summed E-state index contributed by atoms with van der Waals surface area (Å²) in [5.74, 6) is -1.19. The number of anilines is 1. The predicted octanol–water partition coefficient (Wildman–Crippen LogP) is 3.69. The standard InChI is InChI=1S/C22H21ClN2O4/c1-22(13-14-6-2-3-7-16(14)20(27)29-22)21(28)24-18-9-8-15(23)12-17(18)19(26)25-10-4-5-11-25/h2-3,6-9,12H,4-5,10-11,13H2,1H3,(H,24,28). The third-order valence-electron chi connectivity index (χ3n) is 5.42. The maximum absolute atomic E-state index is 13.1. The average Bonchev–Trinajstić information content (AvgIpc) is 3.23. The summed E-state index contributed by atoms with van der Waals surface area (Å²) in [5, 5.41) is 3.19. The molecule has 7 heteroatoms. The molecule has 1 saturated heterocycles. The highest BCUT2D eigenvalue weighted by Crippen LogP contribution is 2.31. The molecule has 0 bridgehead atoms. The zero-order valence-electron chi connectivity index (χ0n) is 16.0. The van der Waals surface area contributed by atoms with Crippen LogP contribution < -0.4 is 5.32 Å². The number of cyclic esters (lactones) is 1. The first-order chi connectivity index (χ1) is 13.9. The van der Waals surface area contributed by atoms with Crippen molar-refractivity contribution >= 4 is 35.1 Å². The van der Waals surface area contributed by atoms with E-state index >= 15 is 0 Å². The molecule has 2 amide bonds. The Morgan fingerprint density at radius 1 is 1.14 bits per heavy atom. The van der Waals surface area contributed by atoms with E-state index in [2.05, 4.69) is 5.32 Å². The summed E-state index contributed by atoms with van der Waals surface area (Å²) >= 11 is 6.10. The van der Waals surface area contributed by atoms with Crippen LogP contribution in [0.1, 0.15) is 46.0 Å². The monoisotopic (exact) mass is 412 g/mol. The van der Waals surface area contributed by atoms with Gasteiger partial charge in [0.25, 0.3) is 11.8 Å². The molecule has 0 saturated carbocycles. The van der Waals surface area contributed by atoms with Gasteiger partial charge in [-0.25, -0.2) is 4.79 Å². The van der Waals surface area contributed by atoms with Gasteiger partial charge in [0, 0.05) is 24.5 Å². The van der Waals surface area contributed by atoms with Gasteiger partial charge in [-0.1, -0.05) is 29.8 Å². The SMILES string of the molecule is CC1(C(=O)Nc2ccc(Cl)cc2C(=O)N2CCCC2)Cc2ccccc2C(=O)O1. The number of likely N-dealkylation sites (tertiary alicyclic amines) is 1. The van der Waals surface area contributed by atoms with Crippen molar-refractivity contribution in [2.45, 2.75) is 31.8 Å². The van der Waals surface area contributed by atoms with E-state index in [9.17, 15) is 14.4 Å². The lowest BCUT2D eigenvalue weighted by molar-refractivity contribution is -0.134. The molecule has 1 atom stereocenters. The Bertz CT molecular complexity index is 1000. The molecule has 1 N–H and O–H groups in total. The summed E-state index contributed by atoms with van der Waals surface area (Å²) in [5.41, 5.74) is 0.533. The second kappa shape index (κ2) is 7.52. The molecule has 6 nitrogen and oxygen atoms in total. The van der Waals surface area contributed by atoms with E-state index in [1.807, 2.05) is 12.1 Å². The van der Waals surface area contributed by atoms with E-state index in [0.29, 0.717) is 34.9 Å². The van der Waals surface area contributed by atoms with Gasteiger partial charge in [-0.05, 0) is 49.6 Å². The van der Waals surface area contributed by atoms with Crippen LogP contribution in [0.2, 0.25) is 5.02 Å². The molecule has 2 aliphatic rings. The fourth-order valence-corrected chi connectivity index (χ4v) is 3.98. The summed E-state index contributed by atoms with van der Waals surface area (Å²) in [6.07, 6.45) is 2.17. The van der Waals surface area contributed by atoms with Crippen LogP contribution >= 0.6 is 11.6 Å². The van der Waals surface area contributed by atoms with Crippen LogP contribution in [0, 0.1) is 0 Å². The molecule has 0 aromatic heterocycles. The third-order valence-corrected chi connectivity index (χ3v) is 5.65. The zero-order valence-corrected chi connectivity index (χ0v) is 16.8. The van der Waals surface area contributed by atoms with Crippen molar-refractivity contribution in [3.05, 3.63) is 64.2 Å². The maximum Gasteiger partial charge on any atom is 0.339 e. The van der Waals surface area contributed by atoms with Gasteiger partial charge in [-0.2, -0.15) is 0 Å². The van der Waals surface area contributed by atoms with Gasteiger partial charge >= 0.3 is 5.97 Å². The van der Waals surface area contributed by atoms with E-state index in [1.165, 1.54) is 0 Å². The number of benzene rings is 2. The highest BCUT2D eigenvalue weighted by Gasteiger charge is 2.43. The summed E-state index contributed by atoms with van der Waals surface area (Å²) in [6, 6.07) is 11.8. The number of esters is 1. The van der Waals surface area contributed by atoms with Gasteiger partial charge in [0.2, 0.25) is 0 Å². The summed E-state index contributed by atoms with van der Waals surface area (Å²) in [4.78, 5) is 40.1. The molecule has 1 unspecified atom stereocenters. The van der Waals surface area contributed by atoms with Gasteiger partial charge in [-0.15, -0.1) is 0 Å². The van der Waals surface area contributed by atoms with Crippen molar-refractivity contribution in [3.63, 3.8) is 0 Å². The first kappa shape index (κ1) is 19.5. The Balaban J connectivity index is 1.60. The molecule has 4 rings (SSSR count). The Morgan fingerprint density at radius 2 is 1.86 bits per heavy atom. The number of ether oxygens (including phenoxy) is 1. The number of nitrogens with one attached hydrogen (secondary N) is 1. The number of fused-ring (bicyclic) bond motifs is 1. The van der Waals surface area contributed by atoms with Crippen LogP contribution in [0.25, 0.3) is 0 Å². The van der Waals surface area contributed by atoms with Gasteiger partial charge in [0.05, 0.1) is 16.8 Å². The van der Waals surface area contributed by atoms with Crippen LogP contribution in [0.4, 0.5) is 5.69 Å². The normalized spacial score (nSPS) is 20.8. The number of hydrogen-bond acceptors (Lipinski definition) is 4. The number of rotatable bonds is 3. The van der Waals surface area contributed by atoms with Crippen molar-refractivity contribution in [3.8, 4) is 0 Å². The molecule has 0 radical (unpaired) electrons. The van der Waals surface area contributed by atoms with Gasteiger partial charge < -0.3 is 15.0 Å². The van der Waals surface area contributed by atoms with E-state index in [0.717, 1.165) is 18.4 Å². The molecule has 2 aliphatic heterocycles. The van der Waals surface area contributed by atoms with E-state index in [4.69, 9.17) is 16.3 Å². The Hall–Kier alpha value is -2.86. The average molecular weight is 413 g/mol. The molecule has 2 aromatic carbocycles. The first-order valence-corrected chi connectivity index (χ1v) is 9.97. The van der Waals surface area contributed by atoms with Crippen molar-refractivity contribution < 1.29 is 19.1 Å². The molecule has 2 aromatic rings. The van der Waals surface area contributed by atoms with E-state index in [1.54, 1.807) is 42.2 Å². The van der Waals surface area contributed by atoms with Gasteiger partial charge in [0.1, 0.15) is 0 Å². The van der Waals surface area contributed by atoms with E-state index in [-0.39, 0.29) is 12.3 Å². The minimum Gasteiger partial charge on any atom is -0.445 e. The van der Waals surface area contributed by atoms with Crippen molar-refractivity contribution in [1.29, 1.82) is 0 Å². The first-order valence-electron chi connectivity index (χ1n) is 9.59. The van der Waals surface area contributed by atoms with Crippen LogP contribution in [-0.2, 0) is 16.0 Å². The lowest BCUT2D eigenvalue weighted by Gasteiger charge is -2.33. The van der Waals surface area contributed by atoms with Crippen LogP contribution in [0.3, 0.4) is 0 Å². The second-order valence-electron chi connectivity index (χ2n) is 7.60. The van der Waals surface area contributed by atoms with Crippen LogP contribution in [-0.4, -0.2) is 41.4 Å². The third kappa shape index (κ3) is 3.72. The minimum atomic E-state index is -1.38. The largest absolute Gasteiger partial charge is 0.445 e. The molecule has 1 fully saturated rings. The number of hydrogen-bond donors (Lipinski definition) is 1. The summed E-state index contributed by atoms with van der Waals surface area (Å²) in [6.45, 7) is 2.95. The highest BCUT2D eigenvalue weighted by molar-refractivity contribution is 6.31. The van der Waals surface area contributed by atoms with Crippen LogP contribution in [0.15, 0.2) is 42.5 Å². The topological polar surface area (TPSA) is 75.7 Å². The Morgan fingerprint density at radius 3 is 2.62 bits per heavy atom.